The molecule has 68 valence electrons. The third-order valence-corrected chi connectivity index (χ3v) is 3.12. The molecule has 2 fully saturated rings. The highest BCUT2D eigenvalue weighted by Crippen LogP contribution is 2.30. The van der Waals surface area contributed by atoms with Crippen LogP contribution >= 0.6 is 0 Å². The van der Waals surface area contributed by atoms with Gasteiger partial charge < -0.3 is 5.11 Å². The second kappa shape index (κ2) is 3.05. The first-order chi connectivity index (χ1) is 5.79. The molecule has 2 aliphatic rings. The summed E-state index contributed by atoms with van der Waals surface area (Å²) in [4.78, 5) is 13.0. The van der Waals surface area contributed by atoms with E-state index in [2.05, 4.69) is 4.90 Å². The van der Waals surface area contributed by atoms with Crippen LogP contribution in [0.1, 0.15) is 32.1 Å². The molecule has 0 aromatic rings. The van der Waals surface area contributed by atoms with Crippen molar-refractivity contribution < 1.29 is 9.90 Å². The fourth-order valence-electron chi connectivity index (χ4n) is 2.56. The molecule has 2 heterocycles. The van der Waals surface area contributed by atoms with E-state index in [0.29, 0.717) is 6.04 Å². The summed E-state index contributed by atoms with van der Waals surface area (Å²) in [6.45, 7) is 1.00. The maximum atomic E-state index is 10.9. The van der Waals surface area contributed by atoms with Crippen molar-refractivity contribution in [2.24, 2.45) is 0 Å². The quantitative estimate of drug-likeness (QED) is 0.638. The minimum absolute atomic E-state index is 0.175. The molecule has 0 saturated carbocycles. The molecule has 3 heteroatoms. The van der Waals surface area contributed by atoms with Crippen LogP contribution in [0, 0.1) is 0 Å². The van der Waals surface area contributed by atoms with Gasteiger partial charge in [-0.25, -0.2) is 0 Å². The highest BCUT2D eigenvalue weighted by Gasteiger charge is 2.37. The highest BCUT2D eigenvalue weighted by atomic mass is 16.4. The second-order valence-corrected chi connectivity index (χ2v) is 3.82. The Labute approximate surface area is 72.4 Å². The molecule has 0 aromatic heterocycles. The van der Waals surface area contributed by atoms with Gasteiger partial charge in [0.25, 0.3) is 0 Å². The molecule has 0 unspecified atom stereocenters. The Morgan fingerprint density at radius 1 is 1.25 bits per heavy atom. The zero-order chi connectivity index (χ0) is 8.55. The largest absolute Gasteiger partial charge is 0.480 e. The molecule has 2 atom stereocenters. The number of nitrogens with zero attached hydrogens (tertiary/aromatic N) is 1. The Kier molecular flexibility index (Phi) is 2.05. The van der Waals surface area contributed by atoms with E-state index >= 15 is 0 Å². The summed E-state index contributed by atoms with van der Waals surface area (Å²) in [5, 5.41) is 8.94. The van der Waals surface area contributed by atoms with E-state index < -0.39 is 5.97 Å². The van der Waals surface area contributed by atoms with Gasteiger partial charge >= 0.3 is 5.97 Å². The molecule has 3 nitrogen and oxygen atoms in total. The van der Waals surface area contributed by atoms with E-state index in [9.17, 15) is 4.79 Å². The molecular weight excluding hydrogens is 154 g/mol. The van der Waals surface area contributed by atoms with E-state index in [1.54, 1.807) is 0 Å². The molecule has 0 aromatic carbocycles. The Bertz CT molecular complexity index is 193. The van der Waals surface area contributed by atoms with Gasteiger partial charge in [0.2, 0.25) is 0 Å². The van der Waals surface area contributed by atoms with Gasteiger partial charge in [0, 0.05) is 6.04 Å². The van der Waals surface area contributed by atoms with Crippen molar-refractivity contribution in [2.75, 3.05) is 6.54 Å². The van der Waals surface area contributed by atoms with Crippen LogP contribution in [0.3, 0.4) is 0 Å². The van der Waals surface area contributed by atoms with Gasteiger partial charge in [-0.1, -0.05) is 0 Å². The standard InChI is InChI=1S/C9H15NO2/c11-9(12)8-5-1-3-7-4-2-6-10(7)8/h7-8H,1-6H2,(H,11,12)/t7-,8+/m0/s1. The first-order valence-electron chi connectivity index (χ1n) is 4.77. The summed E-state index contributed by atoms with van der Waals surface area (Å²) in [7, 11) is 0. The molecule has 0 aliphatic carbocycles. The average molecular weight is 169 g/mol. The van der Waals surface area contributed by atoms with E-state index in [-0.39, 0.29) is 6.04 Å². The van der Waals surface area contributed by atoms with E-state index in [0.717, 1.165) is 19.4 Å². The molecule has 0 bridgehead atoms. The van der Waals surface area contributed by atoms with E-state index in [1.165, 1.54) is 19.3 Å². The van der Waals surface area contributed by atoms with Crippen molar-refractivity contribution in [3.05, 3.63) is 0 Å². The van der Waals surface area contributed by atoms with Crippen LogP contribution in [-0.4, -0.2) is 34.6 Å². The van der Waals surface area contributed by atoms with Crippen LogP contribution in [0.4, 0.5) is 0 Å². The van der Waals surface area contributed by atoms with Gasteiger partial charge in [0.1, 0.15) is 6.04 Å². The second-order valence-electron chi connectivity index (χ2n) is 3.82. The topological polar surface area (TPSA) is 40.5 Å². The fraction of sp³-hybridized carbons (Fsp3) is 0.889. The van der Waals surface area contributed by atoms with Gasteiger partial charge in [0.15, 0.2) is 0 Å². The maximum absolute atomic E-state index is 10.9. The van der Waals surface area contributed by atoms with Crippen LogP contribution in [-0.2, 0) is 4.79 Å². The molecule has 0 amide bonds. The van der Waals surface area contributed by atoms with Crippen molar-refractivity contribution in [2.45, 2.75) is 44.2 Å². The number of hydrogen-bond acceptors (Lipinski definition) is 2. The molecular formula is C9H15NO2. The molecule has 2 aliphatic heterocycles. The number of carbonyl (C=O) groups is 1. The SMILES string of the molecule is O=C(O)[C@H]1CCC[C@H]2CCCN21. The smallest absolute Gasteiger partial charge is 0.320 e. The van der Waals surface area contributed by atoms with Crippen molar-refractivity contribution in [3.63, 3.8) is 0 Å². The van der Waals surface area contributed by atoms with Crippen LogP contribution in [0.2, 0.25) is 0 Å². The Morgan fingerprint density at radius 3 is 2.75 bits per heavy atom. The number of rotatable bonds is 1. The Hall–Kier alpha value is -0.570. The number of carboxylic acid groups (broad SMARTS) is 1. The number of carboxylic acids is 1. The van der Waals surface area contributed by atoms with Crippen molar-refractivity contribution in [3.8, 4) is 0 Å². The van der Waals surface area contributed by atoms with Crippen molar-refractivity contribution >= 4 is 5.97 Å². The normalized spacial score (nSPS) is 36.3. The van der Waals surface area contributed by atoms with Crippen LogP contribution in [0.15, 0.2) is 0 Å². The molecule has 1 N–H and O–H groups in total. The Morgan fingerprint density at radius 2 is 2.00 bits per heavy atom. The number of fused-ring (bicyclic) bond motifs is 1. The van der Waals surface area contributed by atoms with Crippen molar-refractivity contribution in [1.29, 1.82) is 0 Å². The zero-order valence-corrected chi connectivity index (χ0v) is 7.20. The monoisotopic (exact) mass is 169 g/mol. The summed E-state index contributed by atoms with van der Waals surface area (Å²) in [5.74, 6) is -0.624. The third kappa shape index (κ3) is 1.22. The third-order valence-electron chi connectivity index (χ3n) is 3.12. The first kappa shape index (κ1) is 8.05. The number of hydrogen-bond donors (Lipinski definition) is 1. The summed E-state index contributed by atoms with van der Waals surface area (Å²) in [6, 6.07) is 0.408. The van der Waals surface area contributed by atoms with Crippen molar-refractivity contribution in [1.82, 2.24) is 4.90 Å². The zero-order valence-electron chi connectivity index (χ0n) is 7.20. The lowest BCUT2D eigenvalue weighted by Crippen LogP contribution is -2.46. The van der Waals surface area contributed by atoms with Gasteiger partial charge in [-0.05, 0) is 38.6 Å². The summed E-state index contributed by atoms with van der Waals surface area (Å²) < 4.78 is 0. The molecule has 2 rings (SSSR count). The van der Waals surface area contributed by atoms with Gasteiger partial charge in [-0.2, -0.15) is 0 Å². The molecule has 0 spiro atoms. The van der Waals surface area contributed by atoms with Crippen LogP contribution in [0.5, 0.6) is 0 Å². The highest BCUT2D eigenvalue weighted by molar-refractivity contribution is 5.73. The maximum Gasteiger partial charge on any atom is 0.320 e. The van der Waals surface area contributed by atoms with Crippen LogP contribution < -0.4 is 0 Å². The number of piperidine rings is 1. The van der Waals surface area contributed by atoms with Crippen LogP contribution in [0.25, 0.3) is 0 Å². The summed E-state index contributed by atoms with van der Waals surface area (Å²) in [5.41, 5.74) is 0. The van der Waals surface area contributed by atoms with E-state index in [4.69, 9.17) is 5.11 Å². The van der Waals surface area contributed by atoms with Gasteiger partial charge in [-0.15, -0.1) is 0 Å². The predicted molar refractivity (Wildman–Crippen MR) is 45.0 cm³/mol. The van der Waals surface area contributed by atoms with Gasteiger partial charge in [-0.3, -0.25) is 9.69 Å². The lowest BCUT2D eigenvalue weighted by atomic mass is 9.97. The molecule has 0 radical (unpaired) electrons. The van der Waals surface area contributed by atoms with E-state index in [1.807, 2.05) is 0 Å². The predicted octanol–water partition coefficient (Wildman–Crippen LogP) is 1.09. The lowest BCUT2D eigenvalue weighted by Gasteiger charge is -2.34. The molecule has 12 heavy (non-hydrogen) atoms. The molecule has 2 saturated heterocycles. The number of aliphatic carboxylic acids is 1. The lowest BCUT2D eigenvalue weighted by molar-refractivity contribution is -0.145. The average Bonchev–Trinajstić information content (AvgIpc) is 2.49. The Balaban J connectivity index is 2.08. The van der Waals surface area contributed by atoms with Gasteiger partial charge in [0.05, 0.1) is 0 Å². The minimum atomic E-state index is -0.624. The first-order valence-corrected chi connectivity index (χ1v) is 4.77. The summed E-state index contributed by atoms with van der Waals surface area (Å²) >= 11 is 0. The fourth-order valence-corrected chi connectivity index (χ4v) is 2.56. The minimum Gasteiger partial charge on any atom is -0.480 e. The summed E-state index contributed by atoms with van der Waals surface area (Å²) in [6.07, 6.45) is 5.56.